The van der Waals surface area contributed by atoms with E-state index in [2.05, 4.69) is 50.0 Å². The van der Waals surface area contributed by atoms with Gasteiger partial charge in [0.15, 0.2) is 0 Å². The predicted molar refractivity (Wildman–Crippen MR) is 295 cm³/mol. The first kappa shape index (κ1) is 67.8. The third-order valence-corrected chi connectivity index (χ3v) is 14.0. The maximum atomic E-state index is 13.1. The average Bonchev–Trinajstić information content (AvgIpc) is 3.36. The molecule has 1 atom stereocenters. The zero-order chi connectivity index (χ0) is 53.1. The van der Waals surface area contributed by atoms with E-state index in [1.54, 1.807) is 0 Å². The molecule has 73 heavy (non-hydrogen) atoms. The minimum absolute atomic E-state index is 0.0218. The molecule has 1 unspecified atom stereocenters. The Morgan fingerprint density at radius 3 is 1.21 bits per heavy atom. The summed E-state index contributed by atoms with van der Waals surface area (Å²) in [6, 6.07) is 0.644. The van der Waals surface area contributed by atoms with Crippen molar-refractivity contribution in [3.05, 3.63) is 24.3 Å². The summed E-state index contributed by atoms with van der Waals surface area (Å²) in [6.07, 6.45) is 44.6. The van der Waals surface area contributed by atoms with Crippen LogP contribution >= 0.6 is 0 Å². The SMILES string of the molecule is CCCCC/C=C\C/C=C\CCCCCCCC(=O)OCC(COC(=O)CCCCN(CCCCCCCO)C1CCC1)COC(=O)CCCC(COC(=O)CCCCCCC)COC(=O)CCCCCCC. The molecule has 424 valence electrons. The Kier molecular flexibility index (Phi) is 47.2. The molecule has 12 heteroatoms. The van der Waals surface area contributed by atoms with Crippen LogP contribution in [0, 0.1) is 11.8 Å². The van der Waals surface area contributed by atoms with Crippen LogP contribution in [0.5, 0.6) is 0 Å². The quantitative estimate of drug-likeness (QED) is 0.0267. The smallest absolute Gasteiger partial charge is 0.305 e. The summed E-state index contributed by atoms with van der Waals surface area (Å²) < 4.78 is 28.3. The molecule has 0 heterocycles. The molecule has 0 aromatic carbocycles. The molecule has 0 aromatic heterocycles. The molecule has 1 aliphatic rings. The number of carbonyl (C=O) groups is 5. The largest absolute Gasteiger partial charge is 0.465 e. The van der Waals surface area contributed by atoms with E-state index in [9.17, 15) is 24.0 Å². The third-order valence-electron chi connectivity index (χ3n) is 14.0. The van der Waals surface area contributed by atoms with Crippen LogP contribution in [0.4, 0.5) is 0 Å². The molecule has 0 spiro atoms. The lowest BCUT2D eigenvalue weighted by Gasteiger charge is -2.37. The molecular formula is C61H109NO11. The van der Waals surface area contributed by atoms with Gasteiger partial charge in [0.1, 0.15) is 19.8 Å². The molecule has 1 rings (SSSR count). The van der Waals surface area contributed by atoms with Gasteiger partial charge in [0.2, 0.25) is 0 Å². The molecule has 0 radical (unpaired) electrons. The number of hydrogen-bond donors (Lipinski definition) is 1. The number of carbonyl (C=O) groups excluding carboxylic acids is 5. The van der Waals surface area contributed by atoms with Crippen molar-refractivity contribution < 1.29 is 52.8 Å². The van der Waals surface area contributed by atoms with Gasteiger partial charge in [-0.3, -0.25) is 24.0 Å². The fourth-order valence-electron chi connectivity index (χ4n) is 8.91. The molecule has 1 aliphatic carbocycles. The molecular weight excluding hydrogens is 923 g/mol. The monoisotopic (exact) mass is 1030 g/mol. The summed E-state index contributed by atoms with van der Waals surface area (Å²) in [7, 11) is 0. The summed E-state index contributed by atoms with van der Waals surface area (Å²) in [6.45, 7) is 8.97. The molecule has 0 bridgehead atoms. The van der Waals surface area contributed by atoms with Gasteiger partial charge < -0.3 is 33.7 Å². The second-order valence-electron chi connectivity index (χ2n) is 20.9. The van der Waals surface area contributed by atoms with Crippen molar-refractivity contribution in [2.24, 2.45) is 11.8 Å². The Hall–Kier alpha value is -3.25. The van der Waals surface area contributed by atoms with Crippen molar-refractivity contribution in [1.82, 2.24) is 4.90 Å². The van der Waals surface area contributed by atoms with Crippen LogP contribution in [-0.2, 0) is 47.7 Å². The number of aliphatic hydroxyl groups is 1. The first-order valence-corrected chi connectivity index (χ1v) is 30.1. The van der Waals surface area contributed by atoms with Crippen molar-refractivity contribution in [3.63, 3.8) is 0 Å². The molecule has 1 fully saturated rings. The fraction of sp³-hybridized carbons (Fsp3) is 0.852. The number of aliphatic hydroxyl groups excluding tert-OH is 1. The highest BCUT2D eigenvalue weighted by Gasteiger charge is 2.24. The van der Waals surface area contributed by atoms with Crippen molar-refractivity contribution in [2.45, 2.75) is 271 Å². The van der Waals surface area contributed by atoms with Crippen LogP contribution in [0.2, 0.25) is 0 Å². The van der Waals surface area contributed by atoms with Gasteiger partial charge >= 0.3 is 29.8 Å². The first-order chi connectivity index (χ1) is 35.7. The Morgan fingerprint density at radius 1 is 0.425 bits per heavy atom. The van der Waals surface area contributed by atoms with Gasteiger partial charge in [-0.1, -0.05) is 154 Å². The zero-order valence-corrected chi connectivity index (χ0v) is 47.0. The van der Waals surface area contributed by atoms with Gasteiger partial charge in [-0.05, 0) is 116 Å². The van der Waals surface area contributed by atoms with E-state index in [4.69, 9.17) is 28.8 Å². The summed E-state index contributed by atoms with van der Waals surface area (Å²) >= 11 is 0. The molecule has 1 saturated carbocycles. The van der Waals surface area contributed by atoms with Gasteiger partial charge in [0.05, 0.1) is 19.1 Å². The number of rotatable bonds is 53. The van der Waals surface area contributed by atoms with Gasteiger partial charge in [-0.2, -0.15) is 0 Å². The van der Waals surface area contributed by atoms with Gasteiger partial charge in [-0.25, -0.2) is 0 Å². The zero-order valence-electron chi connectivity index (χ0n) is 47.0. The second kappa shape index (κ2) is 50.9. The molecule has 12 nitrogen and oxygen atoms in total. The van der Waals surface area contributed by atoms with Crippen molar-refractivity contribution in [2.75, 3.05) is 52.7 Å². The number of unbranched alkanes of at least 4 members (excludes halogenated alkanes) is 21. The fourth-order valence-corrected chi connectivity index (χ4v) is 8.91. The molecule has 1 N–H and O–H groups in total. The summed E-state index contributed by atoms with van der Waals surface area (Å²) in [5, 5.41) is 9.07. The van der Waals surface area contributed by atoms with Crippen LogP contribution < -0.4 is 0 Å². The van der Waals surface area contributed by atoms with E-state index in [0.717, 1.165) is 161 Å². The van der Waals surface area contributed by atoms with E-state index < -0.39 is 11.9 Å². The average molecular weight is 1030 g/mol. The van der Waals surface area contributed by atoms with Crippen LogP contribution in [0.1, 0.15) is 265 Å². The summed E-state index contributed by atoms with van der Waals surface area (Å²) in [5.41, 5.74) is 0. The highest BCUT2D eigenvalue weighted by Crippen LogP contribution is 2.26. The molecule has 0 saturated heterocycles. The maximum Gasteiger partial charge on any atom is 0.305 e. The molecule has 0 aromatic rings. The number of hydrogen-bond acceptors (Lipinski definition) is 12. The predicted octanol–water partition coefficient (Wildman–Crippen LogP) is 14.6. The van der Waals surface area contributed by atoms with Gasteiger partial charge in [0.25, 0.3) is 0 Å². The van der Waals surface area contributed by atoms with Crippen LogP contribution in [0.3, 0.4) is 0 Å². The number of nitrogens with zero attached hydrogens (tertiary/aromatic N) is 1. The lowest BCUT2D eigenvalue weighted by molar-refractivity contribution is -0.155. The van der Waals surface area contributed by atoms with E-state index in [1.807, 2.05) is 0 Å². The van der Waals surface area contributed by atoms with E-state index in [-0.39, 0.29) is 75.9 Å². The minimum Gasteiger partial charge on any atom is -0.465 e. The number of allylic oxidation sites excluding steroid dienone is 4. The lowest BCUT2D eigenvalue weighted by Crippen LogP contribution is -2.41. The van der Waals surface area contributed by atoms with Crippen molar-refractivity contribution in [1.29, 1.82) is 0 Å². The Bertz CT molecular complexity index is 1370. The van der Waals surface area contributed by atoms with Crippen molar-refractivity contribution >= 4 is 29.8 Å². The lowest BCUT2D eigenvalue weighted by atomic mass is 9.91. The Morgan fingerprint density at radius 2 is 0.767 bits per heavy atom. The Labute approximate surface area is 445 Å². The van der Waals surface area contributed by atoms with E-state index in [0.29, 0.717) is 44.6 Å². The topological polar surface area (TPSA) is 155 Å². The normalized spacial score (nSPS) is 13.2. The third kappa shape index (κ3) is 43.7. The van der Waals surface area contributed by atoms with Crippen LogP contribution in [-0.4, -0.2) is 98.6 Å². The van der Waals surface area contributed by atoms with Crippen LogP contribution in [0.15, 0.2) is 24.3 Å². The maximum absolute atomic E-state index is 13.1. The van der Waals surface area contributed by atoms with Gasteiger partial charge in [0, 0.05) is 50.7 Å². The summed E-state index contributed by atoms with van der Waals surface area (Å²) in [5.74, 6) is -2.33. The van der Waals surface area contributed by atoms with Crippen LogP contribution in [0.25, 0.3) is 0 Å². The van der Waals surface area contributed by atoms with E-state index in [1.165, 1.54) is 51.4 Å². The first-order valence-electron chi connectivity index (χ1n) is 30.1. The highest BCUT2D eigenvalue weighted by atomic mass is 16.6. The summed E-state index contributed by atoms with van der Waals surface area (Å²) in [4.78, 5) is 66.6. The molecule has 0 amide bonds. The van der Waals surface area contributed by atoms with Gasteiger partial charge in [-0.15, -0.1) is 0 Å². The second-order valence-corrected chi connectivity index (χ2v) is 20.9. The Balaban J connectivity index is 2.68. The standard InChI is InChI=1S/C61H109NO11/c1-4-7-10-13-14-15-16-17-18-19-20-21-22-26-31-43-59(66)71-51-55(52-72-60(67)44-32-34-47-62(56-39-37-40-56)46-33-27-23-28-35-48-63)53-73-61(68)45-36-38-54(49-69-57(64)41-29-24-11-8-5-2)50-70-58(65)42-30-25-12-9-6-3/h14-15,17-18,54-56,63H,4-13,16,19-53H2,1-3H3/b15-14-,18-17-. The molecule has 0 aliphatic heterocycles. The number of esters is 5. The van der Waals surface area contributed by atoms with Crippen molar-refractivity contribution in [3.8, 4) is 0 Å². The highest BCUT2D eigenvalue weighted by molar-refractivity contribution is 5.71. The number of ether oxygens (including phenoxy) is 5. The minimum atomic E-state index is -0.511. The van der Waals surface area contributed by atoms with E-state index >= 15 is 0 Å².